The van der Waals surface area contributed by atoms with Crippen molar-refractivity contribution in [1.82, 2.24) is 10.2 Å². The Kier molecular flexibility index (Phi) is 5.40. The maximum Gasteiger partial charge on any atom is 0.442 e. The second kappa shape index (κ2) is 7.86. The molecule has 1 aliphatic heterocycles. The van der Waals surface area contributed by atoms with Crippen LogP contribution < -0.4 is 5.32 Å². The number of amides is 2. The first-order chi connectivity index (χ1) is 14.3. The molecule has 1 atom stereocenters. The number of carbonyl (C=O) groups excluding carboxylic acids is 2. The van der Waals surface area contributed by atoms with Crippen LogP contribution in [0.4, 0.5) is 13.2 Å². The van der Waals surface area contributed by atoms with Gasteiger partial charge in [0.1, 0.15) is 5.84 Å². The van der Waals surface area contributed by atoms with Crippen molar-refractivity contribution in [1.29, 1.82) is 0 Å². The van der Waals surface area contributed by atoms with E-state index in [1.54, 1.807) is 41.8 Å². The lowest BCUT2D eigenvalue weighted by Crippen LogP contribution is -2.64. The molecule has 2 aliphatic rings. The van der Waals surface area contributed by atoms with Crippen LogP contribution in [-0.2, 0) is 4.79 Å². The van der Waals surface area contributed by atoms with Crippen molar-refractivity contribution in [2.45, 2.75) is 50.0 Å². The highest BCUT2D eigenvalue weighted by Gasteiger charge is 2.67. The normalized spacial score (nSPS) is 22.8. The Bertz CT molecular complexity index is 954. The average molecular weight is 435 g/mol. The van der Waals surface area contributed by atoms with Gasteiger partial charge in [0.25, 0.3) is 11.8 Å². The number of benzene rings is 1. The van der Waals surface area contributed by atoms with Gasteiger partial charge in [-0.1, -0.05) is 55.7 Å². The van der Waals surface area contributed by atoms with E-state index in [4.69, 9.17) is 0 Å². The number of thiophene rings is 1. The Balaban J connectivity index is 1.81. The van der Waals surface area contributed by atoms with Crippen LogP contribution in [0.3, 0.4) is 0 Å². The summed E-state index contributed by atoms with van der Waals surface area (Å²) in [6, 6.07) is 10.9. The molecule has 5 nitrogen and oxygen atoms in total. The monoisotopic (exact) mass is 435 g/mol. The van der Waals surface area contributed by atoms with Gasteiger partial charge in [0.05, 0.1) is 4.88 Å². The van der Waals surface area contributed by atoms with Gasteiger partial charge in [-0.05, 0) is 24.3 Å². The first-order valence-electron chi connectivity index (χ1n) is 9.75. The molecule has 1 aliphatic carbocycles. The molecule has 1 aromatic carbocycles. The highest BCUT2D eigenvalue weighted by molar-refractivity contribution is 7.12. The maximum atomic E-state index is 14.3. The van der Waals surface area contributed by atoms with Gasteiger partial charge >= 0.3 is 11.8 Å². The SMILES string of the molecule is O=C(N[C@@]1(C(F)(F)F)N=C(c2ccccc2)N(C2CCCCC2)C1=O)c1cccs1. The zero-order valence-electron chi connectivity index (χ0n) is 16.0. The van der Waals surface area contributed by atoms with Gasteiger partial charge in [0, 0.05) is 11.6 Å². The number of hydrogen-bond donors (Lipinski definition) is 1. The number of rotatable bonds is 4. The molecule has 2 amide bonds. The summed E-state index contributed by atoms with van der Waals surface area (Å²) in [5.41, 5.74) is -2.93. The number of hydrogen-bond acceptors (Lipinski definition) is 4. The lowest BCUT2D eigenvalue weighted by molar-refractivity contribution is -0.196. The number of alkyl halides is 3. The van der Waals surface area contributed by atoms with E-state index in [1.807, 2.05) is 5.32 Å². The third-order valence-corrected chi connectivity index (χ3v) is 6.32. The van der Waals surface area contributed by atoms with E-state index < -0.39 is 23.7 Å². The Labute approximate surface area is 175 Å². The van der Waals surface area contributed by atoms with Gasteiger partial charge in [0.2, 0.25) is 0 Å². The van der Waals surface area contributed by atoms with E-state index in [2.05, 4.69) is 4.99 Å². The molecule has 158 valence electrons. The molecule has 1 fully saturated rings. The molecule has 9 heteroatoms. The number of nitrogens with one attached hydrogen (secondary N) is 1. The van der Waals surface area contributed by atoms with E-state index in [9.17, 15) is 22.8 Å². The summed E-state index contributed by atoms with van der Waals surface area (Å²) in [5, 5.41) is 3.50. The standard InChI is InChI=1S/C21H20F3N3O2S/c22-21(23,24)20(26-18(28)16-12-7-13-30-16)19(29)27(15-10-5-2-6-11-15)17(25-20)14-8-3-1-4-9-14/h1,3-4,7-9,12-13,15H,2,5-6,10-11H2,(H,26,28)/t20-/m0/s1. The first-order valence-corrected chi connectivity index (χ1v) is 10.6. The molecule has 2 aromatic rings. The minimum atomic E-state index is -5.10. The third kappa shape index (κ3) is 3.51. The van der Waals surface area contributed by atoms with Gasteiger partial charge in [-0.2, -0.15) is 13.2 Å². The Hall–Kier alpha value is -2.68. The predicted octanol–water partition coefficient (Wildman–Crippen LogP) is 4.36. The van der Waals surface area contributed by atoms with Gasteiger partial charge in [0.15, 0.2) is 0 Å². The number of amidine groups is 1. The van der Waals surface area contributed by atoms with Crippen LogP contribution in [0.2, 0.25) is 0 Å². The lowest BCUT2D eigenvalue weighted by Gasteiger charge is -2.34. The number of nitrogens with zero attached hydrogens (tertiary/aromatic N) is 2. The Morgan fingerprint density at radius 2 is 1.80 bits per heavy atom. The fourth-order valence-corrected chi connectivity index (χ4v) is 4.59. The van der Waals surface area contributed by atoms with Crippen LogP contribution in [-0.4, -0.2) is 40.4 Å². The van der Waals surface area contributed by atoms with E-state index in [-0.39, 0.29) is 16.8 Å². The van der Waals surface area contributed by atoms with Gasteiger partial charge in [-0.3, -0.25) is 14.5 Å². The van der Waals surface area contributed by atoms with Crippen LogP contribution in [0.25, 0.3) is 0 Å². The largest absolute Gasteiger partial charge is 0.442 e. The molecule has 4 rings (SSSR count). The van der Waals surface area contributed by atoms with Crippen LogP contribution in [0.1, 0.15) is 47.3 Å². The molecule has 1 saturated carbocycles. The highest BCUT2D eigenvalue weighted by Crippen LogP contribution is 2.41. The van der Waals surface area contributed by atoms with Crippen LogP contribution >= 0.6 is 11.3 Å². The van der Waals surface area contributed by atoms with Crippen LogP contribution in [0.15, 0.2) is 52.8 Å². The fourth-order valence-electron chi connectivity index (χ4n) is 3.97. The molecule has 30 heavy (non-hydrogen) atoms. The summed E-state index contributed by atoms with van der Waals surface area (Å²) in [5.74, 6) is -2.26. The molecular formula is C21H20F3N3O2S. The Morgan fingerprint density at radius 3 is 2.40 bits per heavy atom. The Morgan fingerprint density at radius 1 is 1.10 bits per heavy atom. The van der Waals surface area contributed by atoms with Crippen LogP contribution in [0, 0.1) is 0 Å². The predicted molar refractivity (Wildman–Crippen MR) is 107 cm³/mol. The molecular weight excluding hydrogens is 415 g/mol. The summed E-state index contributed by atoms with van der Waals surface area (Å²) in [6.45, 7) is 0. The van der Waals surface area contributed by atoms with E-state index in [1.165, 1.54) is 6.07 Å². The van der Waals surface area contributed by atoms with E-state index in [0.29, 0.717) is 18.4 Å². The smallest absolute Gasteiger partial charge is 0.311 e. The van der Waals surface area contributed by atoms with Gasteiger partial charge in [-0.15, -0.1) is 11.3 Å². The molecule has 2 heterocycles. The van der Waals surface area contributed by atoms with Crippen molar-refractivity contribution in [3.05, 3.63) is 58.3 Å². The summed E-state index contributed by atoms with van der Waals surface area (Å²) >= 11 is 0.998. The van der Waals surface area contributed by atoms with E-state index >= 15 is 0 Å². The molecule has 0 radical (unpaired) electrons. The summed E-state index contributed by atoms with van der Waals surface area (Å²) < 4.78 is 43.0. The number of carbonyl (C=O) groups is 2. The minimum absolute atomic E-state index is 0.0451. The van der Waals surface area contributed by atoms with Crippen molar-refractivity contribution in [3.8, 4) is 0 Å². The topological polar surface area (TPSA) is 61.8 Å². The lowest BCUT2D eigenvalue weighted by atomic mass is 9.93. The third-order valence-electron chi connectivity index (χ3n) is 5.45. The molecule has 1 aromatic heterocycles. The summed E-state index contributed by atoms with van der Waals surface area (Å²) in [7, 11) is 0. The minimum Gasteiger partial charge on any atom is -0.311 e. The quantitative estimate of drug-likeness (QED) is 0.776. The molecule has 0 unspecified atom stereocenters. The second-order valence-electron chi connectivity index (χ2n) is 7.41. The molecule has 0 saturated heterocycles. The van der Waals surface area contributed by atoms with Crippen molar-refractivity contribution < 1.29 is 22.8 Å². The molecule has 0 spiro atoms. The van der Waals surface area contributed by atoms with E-state index in [0.717, 1.165) is 35.5 Å². The number of halogens is 3. The maximum absolute atomic E-state index is 14.3. The zero-order valence-corrected chi connectivity index (χ0v) is 16.8. The number of aliphatic imine (C=N–C) groups is 1. The van der Waals surface area contributed by atoms with Crippen molar-refractivity contribution >= 4 is 29.0 Å². The summed E-state index contributed by atoms with van der Waals surface area (Å²) in [6.07, 6.45) is -1.25. The highest BCUT2D eigenvalue weighted by atomic mass is 32.1. The summed E-state index contributed by atoms with van der Waals surface area (Å²) in [4.78, 5) is 31.0. The fraction of sp³-hybridized carbons (Fsp3) is 0.381. The van der Waals surface area contributed by atoms with Gasteiger partial charge in [-0.25, -0.2) is 4.99 Å². The van der Waals surface area contributed by atoms with Crippen LogP contribution in [0.5, 0.6) is 0 Å². The molecule has 0 bridgehead atoms. The second-order valence-corrected chi connectivity index (χ2v) is 8.36. The first kappa shape index (κ1) is 20.6. The zero-order chi connectivity index (χ0) is 21.4. The van der Waals surface area contributed by atoms with Crippen molar-refractivity contribution in [3.63, 3.8) is 0 Å². The van der Waals surface area contributed by atoms with Crippen molar-refractivity contribution in [2.24, 2.45) is 4.99 Å². The van der Waals surface area contributed by atoms with Crippen molar-refractivity contribution in [2.75, 3.05) is 0 Å². The van der Waals surface area contributed by atoms with Gasteiger partial charge < -0.3 is 5.32 Å². The average Bonchev–Trinajstić information content (AvgIpc) is 3.37. The molecule has 1 N–H and O–H groups in total.